The number of aliphatic hydroxyl groups excluding tert-OH is 1. The number of anilines is 1. The predicted molar refractivity (Wildman–Crippen MR) is 69.2 cm³/mol. The molecule has 0 aromatic carbocycles. The minimum absolute atomic E-state index is 0.0483. The highest BCUT2D eigenvalue weighted by atomic mass is 127. The molecule has 0 saturated carbocycles. The predicted octanol–water partition coefficient (Wildman–Crippen LogP) is 1.34. The van der Waals surface area contributed by atoms with Gasteiger partial charge in [0.25, 0.3) is 0 Å². The molecule has 2 rings (SSSR count). The van der Waals surface area contributed by atoms with Gasteiger partial charge in [-0.15, -0.1) is 0 Å². The molecule has 1 saturated heterocycles. The van der Waals surface area contributed by atoms with Crippen LogP contribution in [0.1, 0.15) is 12.1 Å². The number of hydrogen-bond donors (Lipinski definition) is 1. The van der Waals surface area contributed by atoms with Gasteiger partial charge in [0.1, 0.15) is 5.82 Å². The van der Waals surface area contributed by atoms with E-state index in [1.165, 1.54) is 0 Å². The van der Waals surface area contributed by atoms with Crippen LogP contribution in [0.2, 0.25) is 0 Å². The lowest BCUT2D eigenvalue weighted by Crippen LogP contribution is -2.26. The molecule has 5 heteroatoms. The molecule has 1 fully saturated rings. The van der Waals surface area contributed by atoms with Crippen molar-refractivity contribution in [3.63, 3.8) is 0 Å². The minimum atomic E-state index is 0.0483. The second kappa shape index (κ2) is 4.67. The van der Waals surface area contributed by atoms with E-state index in [1.807, 2.05) is 19.1 Å². The molecule has 1 aromatic heterocycles. The molecular weight excluding hydrogens is 319 g/mol. The van der Waals surface area contributed by atoms with Gasteiger partial charge in [0, 0.05) is 29.1 Å². The first-order valence-electron chi connectivity index (χ1n) is 5.16. The smallest absolute Gasteiger partial charge is 0.228 e. The van der Waals surface area contributed by atoms with Crippen molar-refractivity contribution in [1.82, 2.24) is 4.98 Å². The highest BCUT2D eigenvalue weighted by molar-refractivity contribution is 14.1. The molecule has 1 aliphatic rings. The Morgan fingerprint density at radius 1 is 1.62 bits per heavy atom. The fourth-order valence-corrected chi connectivity index (χ4v) is 2.11. The number of carbonyl (C=O) groups is 1. The van der Waals surface area contributed by atoms with Crippen LogP contribution in [0.15, 0.2) is 12.1 Å². The Morgan fingerprint density at radius 2 is 2.38 bits per heavy atom. The van der Waals surface area contributed by atoms with Crippen LogP contribution in [0.5, 0.6) is 0 Å². The van der Waals surface area contributed by atoms with Gasteiger partial charge < -0.3 is 5.11 Å². The van der Waals surface area contributed by atoms with E-state index in [0.29, 0.717) is 18.8 Å². The summed E-state index contributed by atoms with van der Waals surface area (Å²) in [5.74, 6) is 0.792. The fourth-order valence-electron chi connectivity index (χ4n) is 1.81. The summed E-state index contributed by atoms with van der Waals surface area (Å²) in [7, 11) is 0. The first-order valence-corrected chi connectivity index (χ1v) is 6.24. The van der Waals surface area contributed by atoms with Crippen molar-refractivity contribution >= 4 is 34.3 Å². The number of halogens is 1. The van der Waals surface area contributed by atoms with Gasteiger partial charge in [-0.3, -0.25) is 9.69 Å². The molecular formula is C11H13IN2O2. The Kier molecular flexibility index (Phi) is 3.44. The molecule has 0 radical (unpaired) electrons. The zero-order valence-corrected chi connectivity index (χ0v) is 11.1. The van der Waals surface area contributed by atoms with E-state index in [9.17, 15) is 4.79 Å². The molecule has 16 heavy (non-hydrogen) atoms. The quantitative estimate of drug-likeness (QED) is 0.832. The van der Waals surface area contributed by atoms with Gasteiger partial charge in [-0.1, -0.05) is 0 Å². The molecule has 0 aliphatic carbocycles. The maximum atomic E-state index is 11.7. The Morgan fingerprint density at radius 3 is 2.94 bits per heavy atom. The van der Waals surface area contributed by atoms with E-state index in [-0.39, 0.29) is 18.4 Å². The Balaban J connectivity index is 2.24. The lowest BCUT2D eigenvalue weighted by Gasteiger charge is -2.16. The third-order valence-electron chi connectivity index (χ3n) is 2.75. The summed E-state index contributed by atoms with van der Waals surface area (Å²) < 4.78 is 1.09. The standard InChI is InChI=1S/C11H13IN2O2/c1-7-9(12)2-3-10(13-7)14-5-8(6-15)4-11(14)16/h2-3,8,15H,4-6H2,1H3. The monoisotopic (exact) mass is 332 g/mol. The molecule has 1 amide bonds. The van der Waals surface area contributed by atoms with E-state index in [4.69, 9.17) is 5.11 Å². The SMILES string of the molecule is Cc1nc(N2CC(CO)CC2=O)ccc1I. The molecule has 1 atom stereocenters. The summed E-state index contributed by atoms with van der Waals surface area (Å²) in [6.07, 6.45) is 0.420. The van der Waals surface area contributed by atoms with Gasteiger partial charge in [-0.2, -0.15) is 0 Å². The van der Waals surface area contributed by atoms with Crippen molar-refractivity contribution in [1.29, 1.82) is 0 Å². The van der Waals surface area contributed by atoms with Gasteiger partial charge in [0.15, 0.2) is 0 Å². The average molecular weight is 332 g/mol. The van der Waals surface area contributed by atoms with Gasteiger partial charge in [-0.05, 0) is 41.6 Å². The molecule has 1 aromatic rings. The first-order chi connectivity index (χ1) is 7.61. The van der Waals surface area contributed by atoms with E-state index < -0.39 is 0 Å². The maximum absolute atomic E-state index is 11.7. The zero-order chi connectivity index (χ0) is 11.7. The second-order valence-corrected chi connectivity index (χ2v) is 5.16. The van der Waals surface area contributed by atoms with Crippen LogP contribution in [0.4, 0.5) is 5.82 Å². The third kappa shape index (κ3) is 2.20. The normalized spacial score (nSPS) is 20.6. The van der Waals surface area contributed by atoms with Crippen molar-refractivity contribution in [2.45, 2.75) is 13.3 Å². The number of amides is 1. The summed E-state index contributed by atoms with van der Waals surface area (Å²) in [4.78, 5) is 17.8. The fraction of sp³-hybridized carbons (Fsp3) is 0.455. The van der Waals surface area contributed by atoms with Crippen LogP contribution in [0, 0.1) is 16.4 Å². The van der Waals surface area contributed by atoms with Crippen molar-refractivity contribution < 1.29 is 9.90 Å². The van der Waals surface area contributed by atoms with Crippen molar-refractivity contribution in [3.8, 4) is 0 Å². The molecule has 0 bridgehead atoms. The molecule has 4 nitrogen and oxygen atoms in total. The summed E-state index contributed by atoms with van der Waals surface area (Å²) in [5.41, 5.74) is 0.929. The van der Waals surface area contributed by atoms with Crippen LogP contribution in [-0.4, -0.2) is 29.1 Å². The van der Waals surface area contributed by atoms with Gasteiger partial charge in [-0.25, -0.2) is 4.98 Å². The summed E-state index contributed by atoms with van der Waals surface area (Å²) in [6.45, 7) is 2.56. The number of aryl methyl sites for hydroxylation is 1. The average Bonchev–Trinajstić information content (AvgIpc) is 2.64. The number of pyridine rings is 1. The summed E-state index contributed by atoms with van der Waals surface area (Å²) >= 11 is 2.21. The lowest BCUT2D eigenvalue weighted by atomic mass is 10.1. The lowest BCUT2D eigenvalue weighted by molar-refractivity contribution is -0.117. The van der Waals surface area contributed by atoms with E-state index in [1.54, 1.807) is 4.90 Å². The third-order valence-corrected chi connectivity index (χ3v) is 3.89. The Bertz CT molecular complexity index is 422. The minimum Gasteiger partial charge on any atom is -0.396 e. The Labute approximate surface area is 108 Å². The zero-order valence-electron chi connectivity index (χ0n) is 8.98. The molecule has 0 spiro atoms. The van der Waals surface area contributed by atoms with E-state index in [0.717, 1.165) is 9.26 Å². The highest BCUT2D eigenvalue weighted by Gasteiger charge is 2.30. The van der Waals surface area contributed by atoms with Crippen LogP contribution in [0.25, 0.3) is 0 Å². The number of nitrogens with zero attached hydrogens (tertiary/aromatic N) is 2. The van der Waals surface area contributed by atoms with Crippen molar-refractivity contribution in [3.05, 3.63) is 21.4 Å². The van der Waals surface area contributed by atoms with E-state index >= 15 is 0 Å². The number of hydrogen-bond acceptors (Lipinski definition) is 3. The number of carbonyl (C=O) groups excluding carboxylic acids is 1. The largest absolute Gasteiger partial charge is 0.396 e. The summed E-state index contributed by atoms with van der Waals surface area (Å²) in [5, 5.41) is 9.05. The van der Waals surface area contributed by atoms with Crippen molar-refractivity contribution in [2.24, 2.45) is 5.92 Å². The number of aliphatic hydroxyl groups is 1. The molecule has 1 aliphatic heterocycles. The van der Waals surface area contributed by atoms with E-state index in [2.05, 4.69) is 27.6 Å². The molecule has 86 valence electrons. The summed E-state index contributed by atoms with van der Waals surface area (Å²) in [6, 6.07) is 3.81. The topological polar surface area (TPSA) is 53.4 Å². The van der Waals surface area contributed by atoms with Crippen LogP contribution in [-0.2, 0) is 4.79 Å². The first kappa shape index (κ1) is 11.8. The van der Waals surface area contributed by atoms with Crippen LogP contribution in [0.3, 0.4) is 0 Å². The van der Waals surface area contributed by atoms with Gasteiger partial charge >= 0.3 is 0 Å². The maximum Gasteiger partial charge on any atom is 0.228 e. The Hall–Kier alpha value is -0.690. The number of rotatable bonds is 2. The van der Waals surface area contributed by atoms with Crippen LogP contribution < -0.4 is 4.90 Å². The highest BCUT2D eigenvalue weighted by Crippen LogP contribution is 2.24. The van der Waals surface area contributed by atoms with Crippen LogP contribution >= 0.6 is 22.6 Å². The molecule has 1 unspecified atom stereocenters. The number of aromatic nitrogens is 1. The molecule has 1 N–H and O–H groups in total. The molecule has 2 heterocycles. The van der Waals surface area contributed by atoms with Gasteiger partial charge in [0.05, 0.1) is 5.69 Å². The van der Waals surface area contributed by atoms with Crippen molar-refractivity contribution in [2.75, 3.05) is 18.1 Å². The van der Waals surface area contributed by atoms with Gasteiger partial charge in [0.2, 0.25) is 5.91 Å². The second-order valence-electron chi connectivity index (χ2n) is 3.99.